The van der Waals surface area contributed by atoms with Crippen LogP contribution in [0.2, 0.25) is 5.02 Å². The molecule has 82 valence electrons. The fourth-order valence-electron chi connectivity index (χ4n) is 1.62. The number of aryl methyl sites for hydroxylation is 1. The number of carboxylic acid groups (broad SMARTS) is 1. The molecule has 0 aliphatic heterocycles. The quantitative estimate of drug-likeness (QED) is 0.798. The van der Waals surface area contributed by atoms with Crippen LogP contribution in [0.1, 0.15) is 15.9 Å². The lowest BCUT2D eigenvalue weighted by molar-refractivity contribution is -0.255. The number of fused-ring (bicyclic) bond motifs is 1. The van der Waals surface area contributed by atoms with Crippen LogP contribution in [0.15, 0.2) is 23.1 Å². The standard InChI is InChI=1S/C11H8ClNO3/c1-5-2-6(12)3-7-9(5)13-4-8(10(7)14)11(15)16/h2-4H,1H3,(H,13,14)(H,15,16)/p-1. The van der Waals surface area contributed by atoms with Crippen molar-refractivity contribution in [2.75, 3.05) is 0 Å². The Morgan fingerprint density at radius 1 is 1.44 bits per heavy atom. The average molecular weight is 237 g/mol. The Kier molecular flexibility index (Phi) is 2.44. The zero-order valence-electron chi connectivity index (χ0n) is 8.33. The number of aromatic carboxylic acids is 1. The Bertz CT molecular complexity index is 645. The van der Waals surface area contributed by atoms with Crippen molar-refractivity contribution in [1.29, 1.82) is 0 Å². The van der Waals surface area contributed by atoms with Gasteiger partial charge in [0.2, 0.25) is 0 Å². The average Bonchev–Trinajstić information content (AvgIpc) is 2.19. The van der Waals surface area contributed by atoms with Gasteiger partial charge < -0.3 is 14.9 Å². The zero-order valence-corrected chi connectivity index (χ0v) is 9.09. The normalized spacial score (nSPS) is 10.6. The number of nitrogens with one attached hydrogen (secondary N) is 1. The predicted octanol–water partition coefficient (Wildman–Crippen LogP) is 0.853. The first kappa shape index (κ1) is 10.7. The SMILES string of the molecule is Cc1cc(Cl)cc2c(=O)c(C(=O)[O-])c[nH]c12. The van der Waals surface area contributed by atoms with Gasteiger partial charge in [-0.25, -0.2) is 0 Å². The van der Waals surface area contributed by atoms with Gasteiger partial charge in [0.1, 0.15) is 0 Å². The molecule has 1 heterocycles. The Morgan fingerprint density at radius 2 is 2.12 bits per heavy atom. The number of halogens is 1. The van der Waals surface area contributed by atoms with Gasteiger partial charge in [-0.15, -0.1) is 0 Å². The third kappa shape index (κ3) is 1.57. The van der Waals surface area contributed by atoms with Crippen molar-refractivity contribution >= 4 is 28.5 Å². The summed E-state index contributed by atoms with van der Waals surface area (Å²) < 4.78 is 0. The van der Waals surface area contributed by atoms with E-state index in [0.29, 0.717) is 10.5 Å². The van der Waals surface area contributed by atoms with Crippen LogP contribution in [-0.2, 0) is 0 Å². The van der Waals surface area contributed by atoms with Crippen molar-refractivity contribution in [2.45, 2.75) is 6.92 Å². The topological polar surface area (TPSA) is 73.0 Å². The van der Waals surface area contributed by atoms with Crippen LogP contribution < -0.4 is 10.5 Å². The molecule has 0 aliphatic rings. The molecule has 0 amide bonds. The smallest absolute Gasteiger partial charge is 0.198 e. The molecule has 4 nitrogen and oxygen atoms in total. The second-order valence-corrected chi connectivity index (χ2v) is 3.90. The summed E-state index contributed by atoms with van der Waals surface area (Å²) in [6.45, 7) is 1.78. The first-order valence-electron chi connectivity index (χ1n) is 4.53. The molecule has 0 fully saturated rings. The number of pyridine rings is 1. The summed E-state index contributed by atoms with van der Waals surface area (Å²) in [4.78, 5) is 25.2. The number of carboxylic acids is 1. The van der Waals surface area contributed by atoms with Crippen molar-refractivity contribution in [3.8, 4) is 0 Å². The molecule has 0 aliphatic carbocycles. The molecule has 1 aromatic heterocycles. The minimum Gasteiger partial charge on any atom is -0.545 e. The van der Waals surface area contributed by atoms with Crippen LogP contribution in [0.3, 0.4) is 0 Å². The van der Waals surface area contributed by atoms with Crippen LogP contribution in [0.4, 0.5) is 0 Å². The lowest BCUT2D eigenvalue weighted by Gasteiger charge is -2.06. The van der Waals surface area contributed by atoms with Gasteiger partial charge in [0.15, 0.2) is 5.43 Å². The first-order valence-corrected chi connectivity index (χ1v) is 4.91. The predicted molar refractivity (Wildman–Crippen MR) is 58.6 cm³/mol. The maximum Gasteiger partial charge on any atom is 0.198 e. The monoisotopic (exact) mass is 236 g/mol. The number of benzene rings is 1. The third-order valence-electron chi connectivity index (χ3n) is 2.37. The lowest BCUT2D eigenvalue weighted by atomic mass is 10.1. The van der Waals surface area contributed by atoms with Crippen molar-refractivity contribution in [2.24, 2.45) is 0 Å². The number of carbonyl (C=O) groups is 1. The van der Waals surface area contributed by atoms with Crippen molar-refractivity contribution < 1.29 is 9.90 Å². The highest BCUT2D eigenvalue weighted by Crippen LogP contribution is 2.19. The molecule has 16 heavy (non-hydrogen) atoms. The molecule has 0 saturated heterocycles. The molecular formula is C11H7ClNO3-. The van der Waals surface area contributed by atoms with Crippen LogP contribution in [-0.4, -0.2) is 11.0 Å². The fourth-order valence-corrected chi connectivity index (χ4v) is 1.89. The molecule has 1 aromatic carbocycles. The Hall–Kier alpha value is -1.81. The molecule has 0 spiro atoms. The highest BCUT2D eigenvalue weighted by molar-refractivity contribution is 6.31. The summed E-state index contributed by atoms with van der Waals surface area (Å²) in [5.74, 6) is -1.50. The van der Waals surface area contributed by atoms with E-state index in [0.717, 1.165) is 11.8 Å². The second-order valence-electron chi connectivity index (χ2n) is 3.46. The van der Waals surface area contributed by atoms with Gasteiger partial charge in [-0.3, -0.25) is 4.79 Å². The van der Waals surface area contributed by atoms with Crippen LogP contribution in [0, 0.1) is 6.92 Å². The highest BCUT2D eigenvalue weighted by Gasteiger charge is 2.08. The van der Waals surface area contributed by atoms with E-state index in [2.05, 4.69) is 4.98 Å². The fraction of sp³-hybridized carbons (Fsp3) is 0.0909. The molecule has 2 aromatic rings. The number of aromatic amines is 1. The largest absolute Gasteiger partial charge is 0.545 e. The molecular weight excluding hydrogens is 230 g/mol. The maximum atomic E-state index is 11.8. The van der Waals surface area contributed by atoms with Crippen LogP contribution in [0.5, 0.6) is 0 Å². The van der Waals surface area contributed by atoms with E-state index in [-0.39, 0.29) is 5.39 Å². The summed E-state index contributed by atoms with van der Waals surface area (Å²) in [5, 5.41) is 11.3. The van der Waals surface area contributed by atoms with Gasteiger partial charge in [-0.1, -0.05) is 11.6 Å². The molecule has 0 bridgehead atoms. The summed E-state index contributed by atoms with van der Waals surface area (Å²) in [7, 11) is 0. The molecule has 1 N–H and O–H groups in total. The molecule has 0 radical (unpaired) electrons. The van der Waals surface area contributed by atoms with Crippen molar-refractivity contribution in [3.05, 3.63) is 44.7 Å². The molecule has 5 heteroatoms. The minimum atomic E-state index is -1.50. The maximum absolute atomic E-state index is 11.8. The van der Waals surface area contributed by atoms with E-state index in [9.17, 15) is 14.7 Å². The van der Waals surface area contributed by atoms with E-state index in [1.165, 1.54) is 6.07 Å². The molecule has 0 saturated carbocycles. The Balaban J connectivity index is 2.95. The third-order valence-corrected chi connectivity index (χ3v) is 2.59. The van der Waals surface area contributed by atoms with E-state index in [4.69, 9.17) is 11.6 Å². The van der Waals surface area contributed by atoms with Crippen molar-refractivity contribution in [3.63, 3.8) is 0 Å². The summed E-state index contributed by atoms with van der Waals surface area (Å²) in [5.41, 5.74) is 0.386. The van der Waals surface area contributed by atoms with Gasteiger partial charge in [-0.05, 0) is 24.6 Å². The number of hydrogen-bond donors (Lipinski definition) is 1. The van der Waals surface area contributed by atoms with Gasteiger partial charge >= 0.3 is 0 Å². The zero-order chi connectivity index (χ0) is 11.9. The Morgan fingerprint density at radius 3 is 2.75 bits per heavy atom. The number of rotatable bonds is 1. The molecule has 0 atom stereocenters. The number of hydrogen-bond acceptors (Lipinski definition) is 3. The van der Waals surface area contributed by atoms with Crippen LogP contribution >= 0.6 is 11.6 Å². The summed E-state index contributed by atoms with van der Waals surface area (Å²) in [6, 6.07) is 3.13. The van der Waals surface area contributed by atoms with Gasteiger partial charge in [0.05, 0.1) is 17.0 Å². The van der Waals surface area contributed by atoms with E-state index in [1.807, 2.05) is 0 Å². The molecule has 2 rings (SSSR count). The van der Waals surface area contributed by atoms with Gasteiger partial charge in [0.25, 0.3) is 0 Å². The van der Waals surface area contributed by atoms with E-state index < -0.39 is 17.0 Å². The molecule has 0 unspecified atom stereocenters. The second kappa shape index (κ2) is 3.64. The number of H-pyrrole nitrogens is 1. The first-order chi connectivity index (χ1) is 7.50. The summed E-state index contributed by atoms with van der Waals surface area (Å²) in [6.07, 6.45) is 1.14. The van der Waals surface area contributed by atoms with Gasteiger partial charge in [-0.2, -0.15) is 0 Å². The van der Waals surface area contributed by atoms with Crippen molar-refractivity contribution in [1.82, 2.24) is 4.98 Å². The number of carbonyl (C=O) groups excluding carboxylic acids is 1. The minimum absolute atomic E-state index is 0.256. The number of aromatic nitrogens is 1. The Labute approximate surface area is 95.5 Å². The van der Waals surface area contributed by atoms with E-state index >= 15 is 0 Å². The van der Waals surface area contributed by atoms with E-state index in [1.54, 1.807) is 13.0 Å². The highest BCUT2D eigenvalue weighted by atomic mass is 35.5. The lowest BCUT2D eigenvalue weighted by Crippen LogP contribution is -2.29. The summed E-state index contributed by atoms with van der Waals surface area (Å²) >= 11 is 5.81. The van der Waals surface area contributed by atoms with Crippen LogP contribution in [0.25, 0.3) is 10.9 Å². The van der Waals surface area contributed by atoms with Gasteiger partial charge in [0, 0.05) is 16.6 Å².